The fourth-order valence-corrected chi connectivity index (χ4v) is 3.87. The van der Waals surface area contributed by atoms with Crippen LogP contribution in [0.25, 0.3) is 10.4 Å². The number of phenolic OH excluding ortho intramolecular Hbond substituents is 1. The molecule has 0 radical (unpaired) electrons. The highest BCUT2D eigenvalue weighted by Crippen LogP contribution is 2.31. The minimum atomic E-state index is -3.35. The molecule has 2 aromatic carbocycles. The van der Waals surface area contributed by atoms with Crippen molar-refractivity contribution < 1.29 is 18.3 Å². The van der Waals surface area contributed by atoms with Crippen LogP contribution in [0.5, 0.6) is 5.75 Å². The average molecular weight is 373 g/mol. The largest absolute Gasteiger partial charge is 0.508 e. The maximum absolute atomic E-state index is 12.5. The highest BCUT2D eigenvalue weighted by molar-refractivity contribution is 7.92. The number of thiophene rings is 1. The van der Waals surface area contributed by atoms with E-state index in [1.54, 1.807) is 36.4 Å². The van der Waals surface area contributed by atoms with Crippen molar-refractivity contribution in [2.75, 3.05) is 11.0 Å². The normalized spacial score (nSPS) is 11.2. The van der Waals surface area contributed by atoms with Gasteiger partial charge in [0.1, 0.15) is 5.75 Å². The first kappa shape index (κ1) is 17.2. The summed E-state index contributed by atoms with van der Waals surface area (Å²) in [5, 5.41) is 9.51. The zero-order valence-electron chi connectivity index (χ0n) is 13.3. The standard InChI is InChI=1S/C18H15NO4S2/c1-25(22,23)19-14-6-2-4-12(10-14)16-8-9-17(24-16)18(21)13-5-3-7-15(20)11-13/h2-11,19-20H,1H3. The molecule has 7 heteroatoms. The predicted molar refractivity (Wildman–Crippen MR) is 99.8 cm³/mol. The van der Waals surface area contributed by atoms with E-state index in [4.69, 9.17) is 0 Å². The van der Waals surface area contributed by atoms with Crippen LogP contribution in [0, 0.1) is 0 Å². The SMILES string of the molecule is CS(=O)(=O)Nc1cccc(-c2ccc(C(=O)c3cccc(O)c3)s2)c1. The number of benzene rings is 2. The number of ketones is 1. The summed E-state index contributed by atoms with van der Waals surface area (Å²) < 4.78 is 25.1. The summed E-state index contributed by atoms with van der Waals surface area (Å²) in [5.74, 6) is -0.125. The van der Waals surface area contributed by atoms with Gasteiger partial charge >= 0.3 is 0 Å². The average Bonchev–Trinajstić information content (AvgIpc) is 3.03. The van der Waals surface area contributed by atoms with Gasteiger partial charge in [-0.1, -0.05) is 24.3 Å². The minimum Gasteiger partial charge on any atom is -0.508 e. The first-order valence-corrected chi connectivity index (χ1v) is 10.0. The fourth-order valence-electron chi connectivity index (χ4n) is 2.35. The number of sulfonamides is 1. The lowest BCUT2D eigenvalue weighted by molar-refractivity contribution is 0.104. The third-order valence-electron chi connectivity index (χ3n) is 3.39. The molecule has 0 amide bonds. The number of aromatic hydroxyl groups is 1. The van der Waals surface area contributed by atoms with Crippen LogP contribution >= 0.6 is 11.3 Å². The van der Waals surface area contributed by atoms with Crippen molar-refractivity contribution >= 4 is 32.8 Å². The van der Waals surface area contributed by atoms with Gasteiger partial charge in [-0.25, -0.2) is 8.42 Å². The molecular formula is C18H15NO4S2. The Morgan fingerprint density at radius 2 is 1.80 bits per heavy atom. The summed E-state index contributed by atoms with van der Waals surface area (Å²) in [6.45, 7) is 0. The van der Waals surface area contributed by atoms with E-state index in [0.717, 1.165) is 16.7 Å². The second-order valence-electron chi connectivity index (χ2n) is 5.50. The summed E-state index contributed by atoms with van der Waals surface area (Å²) in [7, 11) is -3.35. The Bertz CT molecular complexity index is 1040. The molecule has 25 heavy (non-hydrogen) atoms. The second kappa shape index (κ2) is 6.70. The number of nitrogens with one attached hydrogen (secondary N) is 1. The molecule has 1 heterocycles. The van der Waals surface area contributed by atoms with Gasteiger partial charge in [-0.3, -0.25) is 9.52 Å². The van der Waals surface area contributed by atoms with Crippen molar-refractivity contribution in [2.24, 2.45) is 0 Å². The van der Waals surface area contributed by atoms with Crippen LogP contribution in [-0.2, 0) is 10.0 Å². The Kier molecular flexibility index (Phi) is 4.61. The van der Waals surface area contributed by atoms with E-state index in [1.165, 1.54) is 23.5 Å². The molecule has 0 saturated carbocycles. The Morgan fingerprint density at radius 3 is 2.52 bits per heavy atom. The molecule has 0 aliphatic heterocycles. The van der Waals surface area contributed by atoms with Crippen LogP contribution in [0.15, 0.2) is 60.7 Å². The van der Waals surface area contributed by atoms with Gasteiger partial charge in [-0.05, 0) is 42.0 Å². The van der Waals surface area contributed by atoms with Crippen molar-refractivity contribution in [1.29, 1.82) is 0 Å². The molecule has 0 unspecified atom stereocenters. The van der Waals surface area contributed by atoms with Crippen LogP contribution in [-0.4, -0.2) is 25.6 Å². The highest BCUT2D eigenvalue weighted by atomic mass is 32.2. The third-order valence-corrected chi connectivity index (χ3v) is 5.13. The monoisotopic (exact) mass is 373 g/mol. The molecule has 128 valence electrons. The number of carbonyl (C=O) groups is 1. The molecule has 3 rings (SSSR count). The van der Waals surface area contributed by atoms with Gasteiger partial charge in [0.05, 0.1) is 11.1 Å². The van der Waals surface area contributed by atoms with Crippen molar-refractivity contribution in [1.82, 2.24) is 0 Å². The van der Waals surface area contributed by atoms with E-state index in [1.807, 2.05) is 12.1 Å². The van der Waals surface area contributed by atoms with E-state index in [9.17, 15) is 18.3 Å². The molecule has 0 aliphatic rings. The number of anilines is 1. The molecule has 5 nitrogen and oxygen atoms in total. The van der Waals surface area contributed by atoms with Gasteiger partial charge in [0.15, 0.2) is 0 Å². The molecule has 3 aromatic rings. The number of carbonyl (C=O) groups excluding carboxylic acids is 1. The van der Waals surface area contributed by atoms with E-state index in [-0.39, 0.29) is 11.5 Å². The zero-order valence-corrected chi connectivity index (χ0v) is 14.9. The molecule has 0 atom stereocenters. The smallest absolute Gasteiger partial charge is 0.229 e. The van der Waals surface area contributed by atoms with Crippen LogP contribution in [0.2, 0.25) is 0 Å². The number of hydrogen-bond donors (Lipinski definition) is 2. The van der Waals surface area contributed by atoms with Crippen LogP contribution in [0.4, 0.5) is 5.69 Å². The quantitative estimate of drug-likeness (QED) is 0.668. The number of hydrogen-bond acceptors (Lipinski definition) is 5. The van der Waals surface area contributed by atoms with Crippen molar-refractivity contribution in [3.05, 3.63) is 71.1 Å². The predicted octanol–water partition coefficient (Wildman–Crippen LogP) is 3.72. The lowest BCUT2D eigenvalue weighted by Gasteiger charge is -2.05. The lowest BCUT2D eigenvalue weighted by Crippen LogP contribution is -2.09. The van der Waals surface area contributed by atoms with Gasteiger partial charge in [0, 0.05) is 16.1 Å². The highest BCUT2D eigenvalue weighted by Gasteiger charge is 2.13. The summed E-state index contributed by atoms with van der Waals surface area (Å²) in [6.07, 6.45) is 1.09. The molecule has 0 aliphatic carbocycles. The Morgan fingerprint density at radius 1 is 1.04 bits per heavy atom. The van der Waals surface area contributed by atoms with Gasteiger partial charge in [-0.2, -0.15) is 0 Å². The van der Waals surface area contributed by atoms with Gasteiger partial charge in [0.2, 0.25) is 15.8 Å². The third kappa shape index (κ3) is 4.26. The second-order valence-corrected chi connectivity index (χ2v) is 8.33. The molecule has 0 spiro atoms. The van der Waals surface area contributed by atoms with E-state index >= 15 is 0 Å². The summed E-state index contributed by atoms with van der Waals surface area (Å²) in [4.78, 5) is 13.9. The molecule has 0 saturated heterocycles. The lowest BCUT2D eigenvalue weighted by atomic mass is 10.1. The topological polar surface area (TPSA) is 83.5 Å². The van der Waals surface area contributed by atoms with Gasteiger partial charge in [0.25, 0.3) is 0 Å². The van der Waals surface area contributed by atoms with Gasteiger partial charge in [-0.15, -0.1) is 11.3 Å². The Labute approximate surface area is 149 Å². The van der Waals surface area contributed by atoms with Crippen LogP contribution in [0.3, 0.4) is 0 Å². The number of phenols is 1. The number of rotatable bonds is 5. The maximum Gasteiger partial charge on any atom is 0.229 e. The maximum atomic E-state index is 12.5. The van der Waals surface area contributed by atoms with E-state index < -0.39 is 10.0 Å². The minimum absolute atomic E-state index is 0.0437. The summed E-state index contributed by atoms with van der Waals surface area (Å²) in [6, 6.07) is 16.7. The van der Waals surface area contributed by atoms with Crippen molar-refractivity contribution in [2.45, 2.75) is 0 Å². The Hall–Kier alpha value is -2.64. The van der Waals surface area contributed by atoms with Gasteiger partial charge < -0.3 is 5.11 Å². The molecule has 2 N–H and O–H groups in total. The van der Waals surface area contributed by atoms with Crippen LogP contribution in [0.1, 0.15) is 15.2 Å². The van der Waals surface area contributed by atoms with Crippen molar-refractivity contribution in [3.63, 3.8) is 0 Å². The first-order chi connectivity index (χ1) is 11.8. The van der Waals surface area contributed by atoms with Crippen LogP contribution < -0.4 is 4.72 Å². The molecular weight excluding hydrogens is 358 g/mol. The zero-order chi connectivity index (χ0) is 18.0. The molecule has 0 fully saturated rings. The molecule has 1 aromatic heterocycles. The van der Waals surface area contributed by atoms with Crippen molar-refractivity contribution in [3.8, 4) is 16.2 Å². The summed E-state index contributed by atoms with van der Waals surface area (Å²) in [5.41, 5.74) is 1.70. The summed E-state index contributed by atoms with van der Waals surface area (Å²) >= 11 is 1.31. The molecule has 0 bridgehead atoms. The van der Waals surface area contributed by atoms with E-state index in [0.29, 0.717) is 16.1 Å². The Balaban J connectivity index is 1.89. The fraction of sp³-hybridized carbons (Fsp3) is 0.0556. The first-order valence-electron chi connectivity index (χ1n) is 7.34. The van der Waals surface area contributed by atoms with E-state index in [2.05, 4.69) is 4.72 Å².